The number of fused-ring (bicyclic) bond motifs is 1. The second-order valence-electron chi connectivity index (χ2n) is 5.10. The Balaban J connectivity index is 1.57. The van der Waals surface area contributed by atoms with Crippen LogP contribution in [0.15, 0.2) is 35.7 Å². The number of hydrogen-bond donors (Lipinski definition) is 1. The maximum absolute atomic E-state index is 5.95. The van der Waals surface area contributed by atoms with E-state index in [1.165, 1.54) is 10.4 Å². The van der Waals surface area contributed by atoms with Crippen molar-refractivity contribution >= 4 is 11.3 Å². The van der Waals surface area contributed by atoms with Crippen LogP contribution in [0, 0.1) is 6.92 Å². The Bertz CT molecular complexity index is 581. The lowest BCUT2D eigenvalue weighted by Crippen LogP contribution is -2.39. The first-order chi connectivity index (χ1) is 9.74. The zero-order valence-corrected chi connectivity index (χ0v) is 12.6. The van der Waals surface area contributed by atoms with E-state index in [-0.39, 0.29) is 6.10 Å². The Hall–Kier alpha value is -1.52. The highest BCUT2D eigenvalue weighted by molar-refractivity contribution is 7.10. The quantitative estimate of drug-likeness (QED) is 0.933. The van der Waals surface area contributed by atoms with Gasteiger partial charge < -0.3 is 14.8 Å². The van der Waals surface area contributed by atoms with E-state index in [9.17, 15) is 0 Å². The molecule has 0 amide bonds. The summed E-state index contributed by atoms with van der Waals surface area (Å²) in [6.07, 6.45) is 0.0626. The molecule has 2 unspecified atom stereocenters. The van der Waals surface area contributed by atoms with Crippen molar-refractivity contribution in [1.29, 1.82) is 0 Å². The van der Waals surface area contributed by atoms with E-state index in [1.54, 1.807) is 11.3 Å². The summed E-state index contributed by atoms with van der Waals surface area (Å²) in [7, 11) is 0. The van der Waals surface area contributed by atoms with Crippen molar-refractivity contribution in [2.24, 2.45) is 0 Å². The first kappa shape index (κ1) is 13.5. The maximum atomic E-state index is 5.95. The molecule has 20 heavy (non-hydrogen) atoms. The molecule has 1 aromatic carbocycles. The molecule has 2 heterocycles. The number of hydrogen-bond acceptors (Lipinski definition) is 4. The van der Waals surface area contributed by atoms with Crippen molar-refractivity contribution in [3.63, 3.8) is 0 Å². The molecule has 1 aliphatic rings. The molecule has 106 valence electrons. The molecule has 3 rings (SSSR count). The molecule has 4 heteroatoms. The van der Waals surface area contributed by atoms with Gasteiger partial charge >= 0.3 is 0 Å². The summed E-state index contributed by atoms with van der Waals surface area (Å²) in [5.74, 6) is 1.68. The molecule has 0 radical (unpaired) electrons. The third kappa shape index (κ3) is 2.81. The monoisotopic (exact) mass is 289 g/mol. The minimum Gasteiger partial charge on any atom is -0.486 e. The molecule has 2 atom stereocenters. The van der Waals surface area contributed by atoms with E-state index >= 15 is 0 Å². The van der Waals surface area contributed by atoms with Crippen molar-refractivity contribution in [3.05, 3.63) is 46.2 Å². The van der Waals surface area contributed by atoms with E-state index in [2.05, 4.69) is 30.6 Å². The lowest BCUT2D eigenvalue weighted by molar-refractivity contribution is 0.0886. The summed E-state index contributed by atoms with van der Waals surface area (Å²) in [6, 6.07) is 10.3. The number of rotatable bonds is 4. The average molecular weight is 289 g/mol. The van der Waals surface area contributed by atoms with Gasteiger partial charge in [-0.15, -0.1) is 11.3 Å². The Labute approximate surface area is 123 Å². The second-order valence-corrected chi connectivity index (χ2v) is 6.04. The minimum absolute atomic E-state index is 0.0626. The summed E-state index contributed by atoms with van der Waals surface area (Å²) in [4.78, 5) is 1.39. The van der Waals surface area contributed by atoms with Gasteiger partial charge in [0.15, 0.2) is 11.5 Å². The number of nitrogens with one attached hydrogen (secondary N) is 1. The van der Waals surface area contributed by atoms with E-state index in [1.807, 2.05) is 24.3 Å². The van der Waals surface area contributed by atoms with Gasteiger partial charge in [-0.05, 0) is 43.0 Å². The predicted molar refractivity (Wildman–Crippen MR) is 81.8 cm³/mol. The van der Waals surface area contributed by atoms with Crippen LogP contribution in [0.4, 0.5) is 0 Å². The fourth-order valence-corrected chi connectivity index (χ4v) is 3.35. The summed E-state index contributed by atoms with van der Waals surface area (Å²) in [6.45, 7) is 5.73. The molecule has 3 nitrogen and oxygen atoms in total. The Kier molecular flexibility index (Phi) is 3.94. The Morgan fingerprint density at radius 3 is 2.85 bits per heavy atom. The third-order valence-electron chi connectivity index (χ3n) is 3.51. The first-order valence-corrected chi connectivity index (χ1v) is 7.78. The van der Waals surface area contributed by atoms with Gasteiger partial charge in [0.05, 0.1) is 0 Å². The molecule has 0 fully saturated rings. The number of benzene rings is 1. The highest BCUT2D eigenvalue weighted by atomic mass is 32.1. The van der Waals surface area contributed by atoms with Crippen LogP contribution in [0.2, 0.25) is 0 Å². The first-order valence-electron chi connectivity index (χ1n) is 6.90. The van der Waals surface area contributed by atoms with E-state index in [4.69, 9.17) is 9.47 Å². The minimum atomic E-state index is 0.0626. The van der Waals surface area contributed by atoms with Crippen LogP contribution in [0.3, 0.4) is 0 Å². The Morgan fingerprint density at radius 1 is 1.30 bits per heavy atom. The van der Waals surface area contributed by atoms with Crippen molar-refractivity contribution in [2.75, 3.05) is 13.2 Å². The van der Waals surface area contributed by atoms with Crippen molar-refractivity contribution in [3.8, 4) is 11.5 Å². The van der Waals surface area contributed by atoms with E-state index in [0.717, 1.165) is 18.0 Å². The fraction of sp³-hybridized carbons (Fsp3) is 0.375. The van der Waals surface area contributed by atoms with Gasteiger partial charge in [-0.25, -0.2) is 0 Å². The molecule has 2 aromatic rings. The lowest BCUT2D eigenvalue weighted by Gasteiger charge is -2.27. The van der Waals surface area contributed by atoms with Gasteiger partial charge in [-0.1, -0.05) is 12.1 Å². The SMILES string of the molecule is Cc1ccsc1C(C)NCC1COc2ccccc2O1. The molecular weight excluding hydrogens is 270 g/mol. The van der Waals surface area contributed by atoms with Crippen LogP contribution in [0.1, 0.15) is 23.4 Å². The zero-order valence-electron chi connectivity index (χ0n) is 11.8. The largest absolute Gasteiger partial charge is 0.486 e. The molecular formula is C16H19NO2S. The number of thiophene rings is 1. The van der Waals surface area contributed by atoms with Crippen LogP contribution in [-0.4, -0.2) is 19.3 Å². The molecule has 0 saturated carbocycles. The molecule has 0 saturated heterocycles. The van der Waals surface area contributed by atoms with Gasteiger partial charge in [-0.3, -0.25) is 0 Å². The van der Waals surface area contributed by atoms with Gasteiger partial charge in [0, 0.05) is 17.5 Å². The number of aryl methyl sites for hydroxylation is 1. The number of ether oxygens (including phenoxy) is 2. The maximum Gasteiger partial charge on any atom is 0.161 e. The smallest absolute Gasteiger partial charge is 0.161 e. The summed E-state index contributed by atoms with van der Waals surface area (Å²) < 4.78 is 11.7. The van der Waals surface area contributed by atoms with Crippen LogP contribution < -0.4 is 14.8 Å². The van der Waals surface area contributed by atoms with Crippen molar-refractivity contribution < 1.29 is 9.47 Å². The molecule has 1 aromatic heterocycles. The van der Waals surface area contributed by atoms with Crippen molar-refractivity contribution in [2.45, 2.75) is 26.0 Å². The molecule has 0 spiro atoms. The van der Waals surface area contributed by atoms with Crippen molar-refractivity contribution in [1.82, 2.24) is 5.32 Å². The number of para-hydroxylation sites is 2. The van der Waals surface area contributed by atoms with Crippen LogP contribution >= 0.6 is 11.3 Å². The molecule has 1 N–H and O–H groups in total. The van der Waals surface area contributed by atoms with E-state index in [0.29, 0.717) is 12.6 Å². The Morgan fingerprint density at radius 2 is 2.10 bits per heavy atom. The molecule has 0 bridgehead atoms. The van der Waals surface area contributed by atoms with Crippen LogP contribution in [0.25, 0.3) is 0 Å². The molecule has 1 aliphatic heterocycles. The highest BCUT2D eigenvalue weighted by Gasteiger charge is 2.21. The predicted octanol–water partition coefficient (Wildman–Crippen LogP) is 3.55. The van der Waals surface area contributed by atoms with Gasteiger partial charge in [0.25, 0.3) is 0 Å². The van der Waals surface area contributed by atoms with Crippen LogP contribution in [-0.2, 0) is 0 Å². The molecule has 0 aliphatic carbocycles. The lowest BCUT2D eigenvalue weighted by atomic mass is 10.2. The fourth-order valence-electron chi connectivity index (χ4n) is 2.39. The van der Waals surface area contributed by atoms with Gasteiger partial charge in [0.2, 0.25) is 0 Å². The second kappa shape index (κ2) is 5.85. The summed E-state index contributed by atoms with van der Waals surface area (Å²) >= 11 is 1.80. The van der Waals surface area contributed by atoms with Gasteiger partial charge in [-0.2, -0.15) is 0 Å². The zero-order chi connectivity index (χ0) is 13.9. The summed E-state index contributed by atoms with van der Waals surface area (Å²) in [5, 5.41) is 5.67. The van der Waals surface area contributed by atoms with E-state index < -0.39 is 0 Å². The highest BCUT2D eigenvalue weighted by Crippen LogP contribution is 2.31. The van der Waals surface area contributed by atoms with Crippen LogP contribution in [0.5, 0.6) is 11.5 Å². The topological polar surface area (TPSA) is 30.5 Å². The third-order valence-corrected chi connectivity index (χ3v) is 4.72. The van der Waals surface area contributed by atoms with Gasteiger partial charge in [0.1, 0.15) is 12.7 Å². The summed E-state index contributed by atoms with van der Waals surface area (Å²) in [5.41, 5.74) is 1.35. The standard InChI is InChI=1S/C16H19NO2S/c1-11-7-8-20-16(11)12(2)17-9-13-10-18-14-5-3-4-6-15(14)19-13/h3-8,12-13,17H,9-10H2,1-2H3. The average Bonchev–Trinajstić information content (AvgIpc) is 2.91. The normalized spacial score (nSPS) is 18.8.